The second-order valence-electron chi connectivity index (χ2n) is 7.37. The number of aromatic nitrogens is 2. The number of hydrogen-bond donors (Lipinski definition) is 1. The lowest BCUT2D eigenvalue weighted by Crippen LogP contribution is -2.21. The fourth-order valence-electron chi connectivity index (χ4n) is 3.53. The smallest absolute Gasteiger partial charge is 0.356 e. The lowest BCUT2D eigenvalue weighted by molar-refractivity contribution is -0.0384. The standard InChI is InChI=1S/C22H18F4N4O2S/c23-16-9-14(11-27-13-16)19-10-15(12-28-20(19)30-7-1-2-8-30)21(31)29-17-3-5-18(6-4-17)33(32)22(24,25)26/h3-6,9-13H,1-2,7-8H2,(H,29,31). The van der Waals surface area contributed by atoms with Crippen molar-refractivity contribution in [2.45, 2.75) is 23.2 Å². The number of carbonyl (C=O) groups excluding carboxylic acids is 1. The highest BCUT2D eigenvalue weighted by Gasteiger charge is 2.37. The lowest BCUT2D eigenvalue weighted by atomic mass is 10.1. The zero-order valence-electron chi connectivity index (χ0n) is 17.1. The first-order valence-electron chi connectivity index (χ1n) is 9.98. The van der Waals surface area contributed by atoms with E-state index in [-0.39, 0.29) is 11.3 Å². The Morgan fingerprint density at radius 3 is 2.36 bits per heavy atom. The highest BCUT2D eigenvalue weighted by atomic mass is 32.2. The topological polar surface area (TPSA) is 75.2 Å². The molecule has 1 aliphatic rings. The van der Waals surface area contributed by atoms with Crippen molar-refractivity contribution in [3.8, 4) is 11.1 Å². The number of hydrogen-bond acceptors (Lipinski definition) is 5. The van der Waals surface area contributed by atoms with E-state index in [9.17, 15) is 26.6 Å². The maximum absolute atomic E-state index is 13.8. The monoisotopic (exact) mass is 478 g/mol. The summed E-state index contributed by atoms with van der Waals surface area (Å²) in [7, 11) is -3.15. The van der Waals surface area contributed by atoms with Gasteiger partial charge >= 0.3 is 5.51 Å². The van der Waals surface area contributed by atoms with Crippen LogP contribution in [-0.2, 0) is 10.8 Å². The maximum Gasteiger partial charge on any atom is 0.475 e. The Labute approximate surface area is 189 Å². The Kier molecular flexibility index (Phi) is 6.41. The normalized spacial score (nSPS) is 14.8. The summed E-state index contributed by atoms with van der Waals surface area (Å²) >= 11 is 0. The van der Waals surface area contributed by atoms with Gasteiger partial charge in [-0.3, -0.25) is 9.78 Å². The Balaban J connectivity index is 1.60. The van der Waals surface area contributed by atoms with Gasteiger partial charge in [-0.05, 0) is 49.2 Å². The molecule has 1 saturated heterocycles. The third kappa shape index (κ3) is 5.19. The quantitative estimate of drug-likeness (QED) is 0.535. The number of carbonyl (C=O) groups is 1. The number of amides is 1. The van der Waals surface area contributed by atoms with Crippen molar-refractivity contribution in [3.63, 3.8) is 0 Å². The van der Waals surface area contributed by atoms with E-state index < -0.39 is 32.9 Å². The van der Waals surface area contributed by atoms with Crippen LogP contribution in [0.15, 0.2) is 59.9 Å². The first-order chi connectivity index (χ1) is 15.7. The van der Waals surface area contributed by atoms with Crippen LogP contribution in [0.5, 0.6) is 0 Å². The predicted molar refractivity (Wildman–Crippen MR) is 116 cm³/mol. The number of benzene rings is 1. The number of nitrogens with one attached hydrogen (secondary N) is 1. The summed E-state index contributed by atoms with van der Waals surface area (Å²) in [6.07, 6.45) is 5.96. The van der Waals surface area contributed by atoms with Gasteiger partial charge in [0.05, 0.1) is 11.8 Å². The number of rotatable bonds is 5. The molecule has 3 heterocycles. The highest BCUT2D eigenvalue weighted by Crippen LogP contribution is 2.32. The largest absolute Gasteiger partial charge is 0.475 e. The highest BCUT2D eigenvalue weighted by molar-refractivity contribution is 7.86. The second kappa shape index (κ2) is 9.26. The Morgan fingerprint density at radius 1 is 1.03 bits per heavy atom. The molecule has 0 bridgehead atoms. The first-order valence-corrected chi connectivity index (χ1v) is 11.1. The minimum Gasteiger partial charge on any atom is -0.356 e. The van der Waals surface area contributed by atoms with Gasteiger partial charge in [0.25, 0.3) is 5.91 Å². The van der Waals surface area contributed by atoms with Gasteiger partial charge in [-0.25, -0.2) is 13.6 Å². The number of nitrogens with zero attached hydrogens (tertiary/aromatic N) is 3. The minimum absolute atomic E-state index is 0.181. The number of alkyl halides is 3. The third-order valence-electron chi connectivity index (χ3n) is 5.09. The van der Waals surface area contributed by atoms with Crippen LogP contribution in [-0.4, -0.2) is 38.7 Å². The van der Waals surface area contributed by atoms with Gasteiger partial charge in [-0.15, -0.1) is 0 Å². The van der Waals surface area contributed by atoms with E-state index in [1.807, 2.05) is 0 Å². The SMILES string of the molecule is O=C(Nc1ccc(S(=O)C(F)(F)F)cc1)c1cnc(N2CCCC2)c(-c2cncc(F)c2)c1. The molecule has 3 aromatic rings. The van der Waals surface area contributed by atoms with Gasteiger partial charge in [-0.1, -0.05) is 0 Å². The molecule has 0 spiro atoms. The van der Waals surface area contributed by atoms with Crippen LogP contribution in [0.4, 0.5) is 29.1 Å². The van der Waals surface area contributed by atoms with Crippen molar-refractivity contribution in [1.82, 2.24) is 9.97 Å². The molecule has 1 fully saturated rings. The van der Waals surface area contributed by atoms with Crippen LogP contribution >= 0.6 is 0 Å². The molecule has 1 amide bonds. The average molecular weight is 478 g/mol. The molecule has 0 saturated carbocycles. The summed E-state index contributed by atoms with van der Waals surface area (Å²) in [5, 5.41) is 2.58. The average Bonchev–Trinajstić information content (AvgIpc) is 3.33. The molecule has 1 unspecified atom stereocenters. The zero-order valence-corrected chi connectivity index (χ0v) is 17.9. The van der Waals surface area contributed by atoms with Crippen LogP contribution in [0.1, 0.15) is 23.2 Å². The summed E-state index contributed by atoms with van der Waals surface area (Å²) in [6.45, 7) is 1.58. The Morgan fingerprint density at radius 2 is 1.73 bits per heavy atom. The van der Waals surface area contributed by atoms with Crippen molar-refractivity contribution in [2.24, 2.45) is 0 Å². The van der Waals surface area contributed by atoms with Crippen LogP contribution in [0.25, 0.3) is 11.1 Å². The first kappa shape index (κ1) is 22.8. The van der Waals surface area contributed by atoms with E-state index in [1.165, 1.54) is 30.6 Å². The molecular weight excluding hydrogens is 460 g/mol. The number of anilines is 2. The van der Waals surface area contributed by atoms with Crippen LogP contribution in [0, 0.1) is 5.82 Å². The lowest BCUT2D eigenvalue weighted by Gasteiger charge is -2.20. The Bertz CT molecular complexity index is 1200. The Hall–Kier alpha value is -3.34. The minimum atomic E-state index is -4.87. The van der Waals surface area contributed by atoms with Crippen molar-refractivity contribution in [2.75, 3.05) is 23.3 Å². The molecule has 1 aliphatic heterocycles. The molecular formula is C22H18F4N4O2S. The van der Waals surface area contributed by atoms with E-state index in [1.54, 1.807) is 6.07 Å². The van der Waals surface area contributed by atoms with Crippen molar-refractivity contribution in [3.05, 3.63) is 66.4 Å². The zero-order chi connectivity index (χ0) is 23.6. The van der Waals surface area contributed by atoms with Gasteiger partial charge in [0.2, 0.25) is 0 Å². The van der Waals surface area contributed by atoms with E-state index >= 15 is 0 Å². The summed E-state index contributed by atoms with van der Waals surface area (Å²) in [6, 6.07) is 7.44. The number of pyridine rings is 2. The van der Waals surface area contributed by atoms with Gasteiger partial charge in [-0.2, -0.15) is 13.2 Å². The second-order valence-corrected chi connectivity index (χ2v) is 8.85. The van der Waals surface area contributed by atoms with Gasteiger partial charge < -0.3 is 10.2 Å². The van der Waals surface area contributed by atoms with Crippen molar-refractivity contribution < 1.29 is 26.6 Å². The third-order valence-corrected chi connectivity index (χ3v) is 6.21. The number of halogens is 4. The fraction of sp³-hybridized carbons (Fsp3) is 0.227. The summed E-state index contributed by atoms with van der Waals surface area (Å²) < 4.78 is 63.0. The van der Waals surface area contributed by atoms with Crippen LogP contribution < -0.4 is 10.2 Å². The van der Waals surface area contributed by atoms with Crippen LogP contribution in [0.2, 0.25) is 0 Å². The predicted octanol–water partition coefficient (Wildman–Crippen LogP) is 4.76. The van der Waals surface area contributed by atoms with Crippen molar-refractivity contribution >= 4 is 28.2 Å². The van der Waals surface area contributed by atoms with Gasteiger partial charge in [0.1, 0.15) is 11.6 Å². The van der Waals surface area contributed by atoms with E-state index in [4.69, 9.17) is 0 Å². The van der Waals surface area contributed by atoms with Crippen LogP contribution in [0.3, 0.4) is 0 Å². The summed E-state index contributed by atoms with van der Waals surface area (Å²) in [5.74, 6) is -0.452. The van der Waals surface area contributed by atoms with Crippen molar-refractivity contribution in [1.29, 1.82) is 0 Å². The molecule has 2 aromatic heterocycles. The van der Waals surface area contributed by atoms with E-state index in [2.05, 4.69) is 20.2 Å². The molecule has 0 radical (unpaired) electrons. The molecule has 6 nitrogen and oxygen atoms in total. The molecule has 11 heteroatoms. The summed E-state index contributed by atoms with van der Waals surface area (Å²) in [4.78, 5) is 22.7. The van der Waals surface area contributed by atoms with E-state index in [0.717, 1.165) is 44.3 Å². The molecule has 4 rings (SSSR count). The van der Waals surface area contributed by atoms with Gasteiger partial charge in [0.15, 0.2) is 10.8 Å². The molecule has 1 atom stereocenters. The fourth-order valence-corrected chi connectivity index (χ4v) is 4.18. The molecule has 172 valence electrons. The maximum atomic E-state index is 13.8. The molecule has 1 aromatic carbocycles. The molecule has 1 N–H and O–H groups in total. The summed E-state index contributed by atoms with van der Waals surface area (Å²) in [5.41, 5.74) is -3.44. The molecule has 33 heavy (non-hydrogen) atoms. The van der Waals surface area contributed by atoms with E-state index in [0.29, 0.717) is 16.9 Å². The molecule has 0 aliphatic carbocycles. The van der Waals surface area contributed by atoms with Gasteiger partial charge in [0, 0.05) is 47.2 Å².